The molecule has 2 aromatic carbocycles. The van der Waals surface area contributed by atoms with Crippen LogP contribution in [0.15, 0.2) is 54.6 Å². The minimum absolute atomic E-state index is 0.118. The molecule has 4 amide bonds. The lowest BCUT2D eigenvalue weighted by Crippen LogP contribution is -2.71. The van der Waals surface area contributed by atoms with Crippen molar-refractivity contribution in [1.82, 2.24) is 20.4 Å². The lowest BCUT2D eigenvalue weighted by molar-refractivity contribution is -0.384. The summed E-state index contributed by atoms with van der Waals surface area (Å²) in [5.41, 5.74) is 0.705. The molecular weight excluding hydrogens is 739 g/mol. The van der Waals surface area contributed by atoms with Gasteiger partial charge in [0.05, 0.1) is 16.1 Å². The Hall–Kier alpha value is -5.24. The number of nitrogens with one attached hydrogen (secondary N) is 2. The molecule has 282 valence electrons. The molecule has 0 radical (unpaired) electrons. The summed E-state index contributed by atoms with van der Waals surface area (Å²) in [6.45, 7) is 4.99. The van der Waals surface area contributed by atoms with Gasteiger partial charge in [0, 0.05) is 16.9 Å². The summed E-state index contributed by atoms with van der Waals surface area (Å²) in [5, 5.41) is 14.2. The van der Waals surface area contributed by atoms with Crippen molar-refractivity contribution in [3.63, 3.8) is 0 Å². The number of nitro groups is 1. The van der Waals surface area contributed by atoms with E-state index in [1.165, 1.54) is 54.8 Å². The number of hydrogen-bond acceptors (Lipinski definition) is 14. The van der Waals surface area contributed by atoms with Crippen LogP contribution >= 0.6 is 11.8 Å². The molecule has 0 bridgehead atoms. The molecule has 4 saturated heterocycles. The number of rotatable bonds is 11. The second-order valence-corrected chi connectivity index (χ2v) is 18.2. The van der Waals surface area contributed by atoms with Gasteiger partial charge < -0.3 is 34.6 Å². The quantitative estimate of drug-likeness (QED) is 0.108. The van der Waals surface area contributed by atoms with E-state index in [2.05, 4.69) is 10.6 Å². The van der Waals surface area contributed by atoms with E-state index in [1.54, 1.807) is 44.2 Å². The molecule has 20 heteroatoms. The Morgan fingerprint density at radius 2 is 1.58 bits per heavy atom. The van der Waals surface area contributed by atoms with Crippen LogP contribution in [0.5, 0.6) is 0 Å². The number of ether oxygens (including phenoxy) is 3. The van der Waals surface area contributed by atoms with Crippen LogP contribution in [-0.2, 0) is 54.6 Å². The SMILES string of the molecule is CC1(C)S[C@@H]2C(NC(=O)C(NC(=O)OCOC(=O)[C@@H]3N4C(=O)C[C@H]4S(=O)(=O)C3(C)C)c3ccccc3)C(=O)N2[C@H]1C(=O)OCc1ccc([N+](=O)[O-])cc1. The topological polar surface area (TPSA) is 238 Å². The molecule has 4 heterocycles. The van der Waals surface area contributed by atoms with E-state index in [0.717, 1.165) is 4.90 Å². The number of nitro benzene ring substituents is 1. The Labute approximate surface area is 306 Å². The molecule has 6 atom stereocenters. The highest BCUT2D eigenvalue weighted by Gasteiger charge is 2.68. The third-order valence-electron chi connectivity index (χ3n) is 9.74. The first-order valence-corrected chi connectivity index (χ1v) is 18.7. The average Bonchev–Trinajstić information content (AvgIpc) is 3.43. The highest BCUT2D eigenvalue weighted by Crippen LogP contribution is 2.51. The van der Waals surface area contributed by atoms with E-state index in [0.29, 0.717) is 11.1 Å². The van der Waals surface area contributed by atoms with Gasteiger partial charge in [0.15, 0.2) is 9.84 Å². The fourth-order valence-corrected chi connectivity index (χ4v) is 10.6. The fraction of sp³-hybridized carbons (Fsp3) is 0.455. The number of β-lactam (4-membered cyclic amide) rings is 2. The van der Waals surface area contributed by atoms with Crippen molar-refractivity contribution < 1.29 is 56.3 Å². The Kier molecular flexibility index (Phi) is 9.65. The number of benzene rings is 2. The Morgan fingerprint density at radius 3 is 2.21 bits per heavy atom. The molecule has 2 N–H and O–H groups in total. The van der Waals surface area contributed by atoms with Gasteiger partial charge in [-0.2, -0.15) is 0 Å². The molecule has 4 aliphatic rings. The summed E-state index contributed by atoms with van der Waals surface area (Å²) in [6.07, 6.45) is -1.43. The molecule has 0 aromatic heterocycles. The normalized spacial score (nSPS) is 26.2. The Balaban J connectivity index is 1.06. The molecule has 0 aliphatic carbocycles. The number of thioether (sulfide) groups is 1. The first kappa shape index (κ1) is 37.5. The second kappa shape index (κ2) is 13.6. The zero-order valence-electron chi connectivity index (χ0n) is 28.7. The van der Waals surface area contributed by atoms with E-state index < -0.39 is 102 Å². The van der Waals surface area contributed by atoms with Crippen LogP contribution in [0, 0.1) is 10.1 Å². The third-order valence-corrected chi connectivity index (χ3v) is 14.1. The summed E-state index contributed by atoms with van der Waals surface area (Å²) < 4.78 is 38.6. The monoisotopic (exact) mass is 773 g/mol. The zero-order valence-corrected chi connectivity index (χ0v) is 30.4. The van der Waals surface area contributed by atoms with Gasteiger partial charge in [-0.05, 0) is 51.0 Å². The van der Waals surface area contributed by atoms with Crippen LogP contribution in [0.4, 0.5) is 10.5 Å². The highest BCUT2D eigenvalue weighted by atomic mass is 32.2. The van der Waals surface area contributed by atoms with Crippen LogP contribution in [0.2, 0.25) is 0 Å². The summed E-state index contributed by atoms with van der Waals surface area (Å²) in [5.74, 6) is -3.64. The van der Waals surface area contributed by atoms with Crippen LogP contribution in [0.25, 0.3) is 0 Å². The molecule has 6 rings (SSSR count). The molecule has 2 aromatic rings. The van der Waals surface area contributed by atoms with Crippen molar-refractivity contribution in [2.45, 2.75) is 85.1 Å². The Bertz CT molecular complexity index is 1990. The van der Waals surface area contributed by atoms with Crippen molar-refractivity contribution in [2.24, 2.45) is 0 Å². The van der Waals surface area contributed by atoms with Crippen LogP contribution in [0.3, 0.4) is 0 Å². The molecule has 18 nitrogen and oxygen atoms in total. The molecular formula is C33H35N5O13S2. The average molecular weight is 774 g/mol. The number of non-ortho nitro benzene ring substituents is 1. The molecule has 0 saturated carbocycles. The van der Waals surface area contributed by atoms with Gasteiger partial charge in [0.2, 0.25) is 24.5 Å². The fourth-order valence-electron chi connectivity index (χ4n) is 6.84. The van der Waals surface area contributed by atoms with E-state index in [9.17, 15) is 47.3 Å². The van der Waals surface area contributed by atoms with Crippen molar-refractivity contribution >= 4 is 63.0 Å². The first-order chi connectivity index (χ1) is 24.9. The second-order valence-electron chi connectivity index (χ2n) is 13.8. The maximum absolute atomic E-state index is 13.6. The number of nitrogens with zero attached hydrogens (tertiary/aromatic N) is 3. The number of carbonyl (C=O) groups excluding carboxylic acids is 6. The predicted octanol–water partition coefficient (Wildman–Crippen LogP) is 1.29. The van der Waals surface area contributed by atoms with Crippen LogP contribution in [-0.4, -0.2) is 104 Å². The van der Waals surface area contributed by atoms with Crippen LogP contribution in [0.1, 0.15) is 51.3 Å². The minimum atomic E-state index is -3.87. The minimum Gasteiger partial charge on any atom is -0.459 e. The number of sulfone groups is 1. The standard InChI is InChI=1S/C33H35N5O13S2/c1-32(2)24(29(42)49-15-17-10-12-19(13-11-17)38(45)46)37-27(41)23(28(37)52-32)34-26(40)22(18-8-6-5-7-9-18)35-31(44)51-16-50-30(43)25-33(3,4)53(47,48)21-14-20(39)36(21)25/h5-13,21-25,28H,14-16H2,1-4H3,(H,34,40)(H,35,44)/t21-,22?,23?,24+,25+,28-/m1/s1. The van der Waals surface area contributed by atoms with Crippen molar-refractivity contribution in [3.05, 3.63) is 75.8 Å². The highest BCUT2D eigenvalue weighted by molar-refractivity contribution is 8.01. The van der Waals surface area contributed by atoms with Crippen molar-refractivity contribution in [3.8, 4) is 0 Å². The van der Waals surface area contributed by atoms with Crippen molar-refractivity contribution in [2.75, 3.05) is 6.79 Å². The maximum Gasteiger partial charge on any atom is 0.410 e. The number of fused-ring (bicyclic) bond motifs is 2. The van der Waals surface area contributed by atoms with Gasteiger partial charge in [0.1, 0.15) is 41.5 Å². The van der Waals surface area contributed by atoms with Gasteiger partial charge in [-0.25, -0.2) is 22.8 Å². The summed E-state index contributed by atoms with van der Waals surface area (Å²) in [6, 6.07) is 8.59. The maximum atomic E-state index is 13.6. The zero-order chi connectivity index (χ0) is 38.6. The largest absolute Gasteiger partial charge is 0.459 e. The summed E-state index contributed by atoms with van der Waals surface area (Å²) in [7, 11) is -3.87. The van der Waals surface area contributed by atoms with Crippen LogP contribution < -0.4 is 10.6 Å². The molecule has 0 spiro atoms. The summed E-state index contributed by atoms with van der Waals surface area (Å²) >= 11 is 1.28. The van der Waals surface area contributed by atoms with Gasteiger partial charge in [-0.3, -0.25) is 24.5 Å². The van der Waals surface area contributed by atoms with E-state index in [-0.39, 0.29) is 18.7 Å². The van der Waals surface area contributed by atoms with Gasteiger partial charge in [-0.15, -0.1) is 11.8 Å². The molecule has 2 unspecified atom stereocenters. The third kappa shape index (κ3) is 6.53. The Morgan fingerprint density at radius 1 is 0.943 bits per heavy atom. The van der Waals surface area contributed by atoms with Gasteiger partial charge in [0.25, 0.3) is 5.69 Å². The molecule has 53 heavy (non-hydrogen) atoms. The van der Waals surface area contributed by atoms with Crippen molar-refractivity contribution in [1.29, 1.82) is 0 Å². The summed E-state index contributed by atoms with van der Waals surface area (Å²) in [4.78, 5) is 90.8. The van der Waals surface area contributed by atoms with E-state index in [4.69, 9.17) is 14.2 Å². The number of hydrogen-bond donors (Lipinski definition) is 2. The van der Waals surface area contributed by atoms with Gasteiger partial charge >= 0.3 is 18.0 Å². The molecule has 4 fully saturated rings. The number of esters is 2. The van der Waals surface area contributed by atoms with Gasteiger partial charge in [-0.1, -0.05) is 30.3 Å². The number of amides is 4. The lowest BCUT2D eigenvalue weighted by Gasteiger charge is -2.44. The van der Waals surface area contributed by atoms with E-state index in [1.807, 2.05) is 0 Å². The smallest absolute Gasteiger partial charge is 0.410 e. The number of carbonyl (C=O) groups is 6. The van der Waals surface area contributed by atoms with E-state index >= 15 is 0 Å². The lowest BCUT2D eigenvalue weighted by atomic mass is 9.95. The predicted molar refractivity (Wildman–Crippen MR) is 183 cm³/mol. The number of alkyl carbamates (subject to hydrolysis) is 1. The molecule has 4 aliphatic heterocycles. The first-order valence-electron chi connectivity index (χ1n) is 16.3.